The summed E-state index contributed by atoms with van der Waals surface area (Å²) >= 11 is 0. The molecule has 0 bridgehead atoms. The second-order valence-electron chi connectivity index (χ2n) is 18.3. The lowest BCUT2D eigenvalue weighted by atomic mass is 9.91. The van der Waals surface area contributed by atoms with Crippen molar-refractivity contribution in [3.63, 3.8) is 0 Å². The van der Waals surface area contributed by atoms with Gasteiger partial charge in [0.25, 0.3) is 0 Å². The van der Waals surface area contributed by atoms with E-state index in [1.807, 2.05) is 12.1 Å². The maximum Gasteiger partial charge on any atom is 0.224 e. The number of unbranched alkanes of at least 4 members (excludes halogenated alkanes) is 2. The molecule has 6 atom stereocenters. The van der Waals surface area contributed by atoms with Crippen molar-refractivity contribution < 1.29 is 47.9 Å². The Balaban J connectivity index is 2.14. The zero-order chi connectivity index (χ0) is 48.9. The summed E-state index contributed by atoms with van der Waals surface area (Å²) in [6, 6.07) is 13.2. The van der Waals surface area contributed by atoms with Crippen LogP contribution in [0.3, 0.4) is 0 Å². The molecule has 14 nitrogen and oxygen atoms in total. The molecule has 358 valence electrons. The number of amides is 3. The van der Waals surface area contributed by atoms with E-state index in [4.69, 9.17) is 16.2 Å². The van der Waals surface area contributed by atoms with Crippen LogP contribution in [-0.4, -0.2) is 82.8 Å². The molecule has 0 fully saturated rings. The number of rotatable bonds is 32. The summed E-state index contributed by atoms with van der Waals surface area (Å²) in [5.41, 5.74) is 14.3. The van der Waals surface area contributed by atoms with Gasteiger partial charge in [-0.3, -0.25) is 43.2 Å². The van der Waals surface area contributed by atoms with Crippen molar-refractivity contribution in [1.29, 1.82) is 0 Å². The minimum absolute atomic E-state index is 0.0335. The van der Waals surface area contributed by atoms with Crippen LogP contribution in [-0.2, 0) is 49.5 Å². The molecule has 0 aromatic heterocycles. The Hall–Kier alpha value is -5.21. The molecule has 2 aromatic rings. The number of carbonyl (C=O) groups is 9. The number of nitrogens with one attached hydrogen (secondary N) is 2. The third kappa shape index (κ3) is 20.2. The fraction of sp³-hybridized carbons (Fsp3) is 0.588. The molecule has 6 N–H and O–H groups in total. The highest BCUT2D eigenvalue weighted by molar-refractivity contribution is 6.38. The molecule has 2 rings (SSSR count). The highest BCUT2D eigenvalue weighted by Crippen LogP contribution is 2.24. The molecule has 1 unspecified atom stereocenters. The van der Waals surface area contributed by atoms with Crippen LogP contribution in [0.2, 0.25) is 0 Å². The maximum atomic E-state index is 14.0. The summed E-state index contributed by atoms with van der Waals surface area (Å²) in [6.45, 7) is 13.9. The molecular weight excluding hydrogens is 829 g/mol. The van der Waals surface area contributed by atoms with Gasteiger partial charge in [0.15, 0.2) is 23.1 Å². The van der Waals surface area contributed by atoms with E-state index in [9.17, 15) is 43.2 Å². The monoisotopic (exact) mass is 903 g/mol. The van der Waals surface area contributed by atoms with Crippen LogP contribution in [0.25, 0.3) is 11.1 Å². The number of ether oxygens (including phenoxy) is 1. The second kappa shape index (κ2) is 28.0. The molecule has 65 heavy (non-hydrogen) atoms. The van der Waals surface area contributed by atoms with Gasteiger partial charge < -0.3 is 26.8 Å². The molecule has 0 aliphatic carbocycles. The fourth-order valence-corrected chi connectivity index (χ4v) is 7.55. The van der Waals surface area contributed by atoms with Gasteiger partial charge in [-0.1, -0.05) is 89.1 Å². The first-order valence-corrected chi connectivity index (χ1v) is 23.2. The summed E-state index contributed by atoms with van der Waals surface area (Å²) in [4.78, 5) is 117. The number of nitrogens with two attached hydrogens (primary N) is 2. The Bertz CT molecular complexity index is 1940. The van der Waals surface area contributed by atoms with Crippen molar-refractivity contribution in [3.8, 4) is 11.1 Å². The van der Waals surface area contributed by atoms with E-state index >= 15 is 0 Å². The topological polar surface area (TPSA) is 239 Å². The Morgan fingerprint density at radius 3 is 1.83 bits per heavy atom. The van der Waals surface area contributed by atoms with Crippen molar-refractivity contribution in [2.75, 3.05) is 6.54 Å². The van der Waals surface area contributed by atoms with Crippen LogP contribution < -0.4 is 22.1 Å². The lowest BCUT2D eigenvalue weighted by Gasteiger charge is -2.32. The molecule has 3 amide bonds. The van der Waals surface area contributed by atoms with E-state index < -0.39 is 102 Å². The molecular formula is C51H74N4O10. The number of benzene rings is 2. The van der Waals surface area contributed by atoms with Gasteiger partial charge in [0, 0.05) is 61.8 Å². The van der Waals surface area contributed by atoms with E-state index in [1.54, 1.807) is 39.8 Å². The molecule has 0 aliphatic rings. The van der Waals surface area contributed by atoms with Gasteiger partial charge >= 0.3 is 0 Å². The van der Waals surface area contributed by atoms with Gasteiger partial charge in [-0.25, -0.2) is 0 Å². The maximum absolute atomic E-state index is 14.0. The molecule has 2 aromatic carbocycles. The highest BCUT2D eigenvalue weighted by atomic mass is 16.5. The SMILES string of the molecule is CCCCc1ccc(-c2ccc(C(=O)CCCC(=O)C[C@@H](CCCCN)C(=O)N[C@H](C(=O)C[C@@H](C)C(=O)N[C@@H](CC(N)=O)C(=O)CC(C)C(=O)C(=O)CC)[C@@H](C)OC(C)(C)C)cc2)cc1. The summed E-state index contributed by atoms with van der Waals surface area (Å²) in [5.74, 6) is -7.92. The minimum atomic E-state index is -1.40. The zero-order valence-corrected chi connectivity index (χ0v) is 39.9. The number of hydrogen-bond acceptors (Lipinski definition) is 11. The number of ketones is 6. The standard InChI is InChI=1S/C51H74N4O10/c1-9-11-15-35-19-21-36(22-20-35)37-23-25-38(26-24-37)43(58)18-14-17-40(56)30-39(16-12-13-27-52)50(64)55-47(34(5)65-51(6,7)8)45(60)29-33(4)49(63)54-41(31-46(53)61)44(59)28-32(3)48(62)42(57)10-2/h19-26,32-34,39,41,47H,9-18,27-31,52H2,1-8H3,(H2,53,61)(H,54,63)(H,55,64)/t32?,33-,34-,39-,41+,47+/m1/s1. The number of Topliss-reactive ketones (excluding diaryl/α,β-unsaturated/α-hetero) is 6. The second-order valence-corrected chi connectivity index (χ2v) is 18.3. The highest BCUT2D eigenvalue weighted by Gasteiger charge is 2.35. The third-order valence-corrected chi connectivity index (χ3v) is 11.3. The van der Waals surface area contributed by atoms with Gasteiger partial charge in [0.05, 0.1) is 24.2 Å². The van der Waals surface area contributed by atoms with Gasteiger partial charge in [-0.05, 0) is 83.0 Å². The Morgan fingerprint density at radius 1 is 0.677 bits per heavy atom. The Labute approximate surface area is 385 Å². The lowest BCUT2D eigenvalue weighted by molar-refractivity contribution is -0.141. The smallest absolute Gasteiger partial charge is 0.224 e. The first kappa shape index (κ1) is 55.9. The van der Waals surface area contributed by atoms with Crippen LogP contribution >= 0.6 is 0 Å². The summed E-state index contributed by atoms with van der Waals surface area (Å²) in [6.07, 6.45) is 2.95. The van der Waals surface area contributed by atoms with Crippen molar-refractivity contribution in [2.24, 2.45) is 29.2 Å². The molecule has 0 radical (unpaired) electrons. The minimum Gasteiger partial charge on any atom is -0.370 e. The van der Waals surface area contributed by atoms with Crippen LogP contribution in [0.5, 0.6) is 0 Å². The number of carbonyl (C=O) groups excluding carboxylic acids is 9. The lowest BCUT2D eigenvalue weighted by Crippen LogP contribution is -2.53. The Morgan fingerprint density at radius 2 is 1.28 bits per heavy atom. The van der Waals surface area contributed by atoms with E-state index in [0.717, 1.165) is 30.4 Å². The average Bonchev–Trinajstić information content (AvgIpc) is 3.25. The zero-order valence-electron chi connectivity index (χ0n) is 39.9. The van der Waals surface area contributed by atoms with Gasteiger partial charge in [-0.2, -0.15) is 0 Å². The van der Waals surface area contributed by atoms with E-state index in [2.05, 4.69) is 41.8 Å². The molecule has 0 saturated heterocycles. The first-order chi connectivity index (χ1) is 30.6. The number of aryl methyl sites for hydroxylation is 1. The van der Waals surface area contributed by atoms with Crippen molar-refractivity contribution in [2.45, 2.75) is 169 Å². The summed E-state index contributed by atoms with van der Waals surface area (Å²) in [7, 11) is 0. The van der Waals surface area contributed by atoms with Crippen LogP contribution in [0.1, 0.15) is 155 Å². The van der Waals surface area contributed by atoms with Gasteiger partial charge in [0.1, 0.15) is 11.8 Å². The van der Waals surface area contributed by atoms with Crippen LogP contribution in [0.4, 0.5) is 0 Å². The Kier molecular flexibility index (Phi) is 24.1. The molecule has 0 saturated carbocycles. The molecule has 14 heteroatoms. The molecule has 0 heterocycles. The molecule has 0 spiro atoms. The third-order valence-electron chi connectivity index (χ3n) is 11.3. The van der Waals surface area contributed by atoms with E-state index in [0.29, 0.717) is 37.8 Å². The van der Waals surface area contributed by atoms with Crippen molar-refractivity contribution >= 4 is 52.4 Å². The van der Waals surface area contributed by atoms with Crippen LogP contribution in [0.15, 0.2) is 48.5 Å². The quantitative estimate of drug-likeness (QED) is 0.0349. The van der Waals surface area contributed by atoms with Gasteiger partial charge in [0.2, 0.25) is 23.5 Å². The van der Waals surface area contributed by atoms with E-state index in [-0.39, 0.29) is 37.2 Å². The van der Waals surface area contributed by atoms with Crippen LogP contribution in [0, 0.1) is 17.8 Å². The predicted octanol–water partition coefficient (Wildman–Crippen LogP) is 6.54. The first-order valence-electron chi connectivity index (χ1n) is 23.2. The van der Waals surface area contributed by atoms with E-state index in [1.165, 1.54) is 26.3 Å². The largest absolute Gasteiger partial charge is 0.370 e. The normalized spacial score (nSPS) is 14.2. The average molecular weight is 903 g/mol. The fourth-order valence-electron chi connectivity index (χ4n) is 7.55. The molecule has 0 aliphatic heterocycles. The summed E-state index contributed by atoms with van der Waals surface area (Å²) < 4.78 is 6.10. The number of hydrogen-bond donors (Lipinski definition) is 4. The predicted molar refractivity (Wildman–Crippen MR) is 251 cm³/mol. The number of primary amides is 1. The van der Waals surface area contributed by atoms with Gasteiger partial charge in [-0.15, -0.1) is 0 Å². The summed E-state index contributed by atoms with van der Waals surface area (Å²) in [5, 5.41) is 5.29. The van der Waals surface area contributed by atoms with Crippen molar-refractivity contribution in [1.82, 2.24) is 10.6 Å². The van der Waals surface area contributed by atoms with Crippen molar-refractivity contribution in [3.05, 3.63) is 59.7 Å².